The summed E-state index contributed by atoms with van der Waals surface area (Å²) in [5.41, 5.74) is 11.1. The maximum atomic E-state index is 12.9. The number of hydrogen-bond acceptors (Lipinski definition) is 5. The van der Waals surface area contributed by atoms with E-state index in [0.717, 1.165) is 54.8 Å². The van der Waals surface area contributed by atoms with E-state index >= 15 is 0 Å². The Morgan fingerprint density at radius 2 is 2.03 bits per heavy atom. The Morgan fingerprint density at radius 1 is 1.21 bits per heavy atom. The lowest BCUT2D eigenvalue weighted by molar-refractivity contribution is -0.131. The highest BCUT2D eigenvalue weighted by Crippen LogP contribution is 2.37. The summed E-state index contributed by atoms with van der Waals surface area (Å²) in [6, 6.07) is 14.7. The van der Waals surface area contributed by atoms with Gasteiger partial charge in [0.2, 0.25) is 5.91 Å². The van der Waals surface area contributed by atoms with Crippen molar-refractivity contribution in [3.63, 3.8) is 0 Å². The van der Waals surface area contributed by atoms with E-state index in [2.05, 4.69) is 52.1 Å². The quantitative estimate of drug-likeness (QED) is 0.628. The number of hydrogen-bond donors (Lipinski definition) is 1. The number of fused-ring (bicyclic) bond motifs is 1. The molecule has 2 atom stereocenters. The number of primary amides is 1. The van der Waals surface area contributed by atoms with Crippen LogP contribution in [0.3, 0.4) is 0 Å². The number of aromatic nitrogens is 2. The molecule has 6 nitrogen and oxygen atoms in total. The van der Waals surface area contributed by atoms with Gasteiger partial charge in [-0.15, -0.1) is 0 Å². The van der Waals surface area contributed by atoms with Gasteiger partial charge < -0.3 is 10.5 Å². The molecule has 1 amide bonds. The lowest BCUT2D eigenvalue weighted by Gasteiger charge is -2.41. The second kappa shape index (κ2) is 8.94. The van der Waals surface area contributed by atoms with E-state index in [1.165, 1.54) is 17.5 Å². The third kappa shape index (κ3) is 4.48. The number of carbonyl (C=O) groups is 1. The van der Waals surface area contributed by atoms with Gasteiger partial charge in [0.15, 0.2) is 0 Å². The van der Waals surface area contributed by atoms with E-state index in [1.54, 1.807) is 0 Å². The highest BCUT2D eigenvalue weighted by atomic mass is 16.5. The lowest BCUT2D eigenvalue weighted by atomic mass is 9.73. The van der Waals surface area contributed by atoms with Crippen LogP contribution in [0.5, 0.6) is 5.75 Å². The van der Waals surface area contributed by atoms with Crippen LogP contribution in [0.25, 0.3) is 11.1 Å². The molecule has 2 aliphatic rings. The van der Waals surface area contributed by atoms with E-state index in [-0.39, 0.29) is 12.0 Å². The largest absolute Gasteiger partial charge is 0.490 e. The Labute approximate surface area is 194 Å². The number of ether oxygens (including phenoxy) is 1. The van der Waals surface area contributed by atoms with Crippen molar-refractivity contribution in [3.05, 3.63) is 77.9 Å². The molecule has 0 radical (unpaired) electrons. The monoisotopic (exact) mass is 442 g/mol. The van der Waals surface area contributed by atoms with E-state index < -0.39 is 5.41 Å². The van der Waals surface area contributed by atoms with E-state index in [4.69, 9.17) is 10.5 Å². The number of nitrogens with two attached hydrogens (primary N) is 1. The molecule has 1 aromatic heterocycles. The Bertz CT molecular complexity index is 1150. The molecule has 0 bridgehead atoms. The molecule has 0 unspecified atom stereocenters. The van der Waals surface area contributed by atoms with Crippen molar-refractivity contribution >= 4 is 5.91 Å². The first-order chi connectivity index (χ1) is 16.0. The third-order valence-corrected chi connectivity index (χ3v) is 6.96. The van der Waals surface area contributed by atoms with Gasteiger partial charge in [0, 0.05) is 37.5 Å². The molecule has 170 valence electrons. The van der Waals surface area contributed by atoms with Crippen molar-refractivity contribution in [3.8, 4) is 16.9 Å². The van der Waals surface area contributed by atoms with Crippen LogP contribution in [0.1, 0.15) is 36.5 Å². The zero-order valence-corrected chi connectivity index (χ0v) is 19.0. The maximum Gasteiger partial charge on any atom is 0.225 e. The minimum Gasteiger partial charge on any atom is -0.490 e. The summed E-state index contributed by atoms with van der Waals surface area (Å²) in [5, 5.41) is 0. The molecule has 0 aliphatic carbocycles. The molecular formula is C27H30N4O2. The fourth-order valence-corrected chi connectivity index (χ4v) is 5.39. The molecular weight excluding hydrogens is 412 g/mol. The molecule has 2 N–H and O–H groups in total. The van der Waals surface area contributed by atoms with Crippen molar-refractivity contribution in [2.45, 2.75) is 45.3 Å². The van der Waals surface area contributed by atoms with Crippen molar-refractivity contribution in [2.75, 3.05) is 13.1 Å². The molecule has 3 heterocycles. The summed E-state index contributed by atoms with van der Waals surface area (Å²) >= 11 is 0. The number of likely N-dealkylation sites (tertiary alicyclic amines) is 1. The number of amides is 1. The molecule has 0 saturated carbocycles. The van der Waals surface area contributed by atoms with Gasteiger partial charge in [-0.1, -0.05) is 36.4 Å². The first-order valence-electron chi connectivity index (χ1n) is 11.7. The van der Waals surface area contributed by atoms with Crippen molar-refractivity contribution in [1.29, 1.82) is 0 Å². The highest BCUT2D eigenvalue weighted by molar-refractivity contribution is 5.82. The minimum absolute atomic E-state index is 0.220. The van der Waals surface area contributed by atoms with Gasteiger partial charge in [-0.3, -0.25) is 9.69 Å². The second-order valence-electron chi connectivity index (χ2n) is 9.49. The van der Waals surface area contributed by atoms with Crippen LogP contribution in [0, 0.1) is 5.41 Å². The number of piperidine rings is 1. The summed E-state index contributed by atoms with van der Waals surface area (Å²) in [6.07, 6.45) is 8.71. The van der Waals surface area contributed by atoms with Gasteiger partial charge in [0.25, 0.3) is 0 Å². The SMILES string of the molecule is C[C@H]1Cc2cc(CN3CCC[C@](Cc4ccccc4-c4cncnc4)(C(N)=O)C3)ccc2O1. The maximum absolute atomic E-state index is 12.9. The standard InChI is InChI=1S/C27H30N4O2/c1-19-11-22-12-20(7-8-25(22)33-19)16-31-10-4-9-27(17-31,26(28)32)13-21-5-2-3-6-24(21)23-14-29-18-30-15-23/h2-3,5-8,12,14-15,18-19H,4,9-11,13,16-17H2,1H3,(H2,28,32)/t19-,27+/m0/s1. The molecule has 2 aliphatic heterocycles. The first kappa shape index (κ1) is 21.6. The minimum atomic E-state index is -0.599. The summed E-state index contributed by atoms with van der Waals surface area (Å²) in [4.78, 5) is 23.6. The van der Waals surface area contributed by atoms with Crippen molar-refractivity contribution in [1.82, 2.24) is 14.9 Å². The van der Waals surface area contributed by atoms with Crippen LogP contribution in [0.4, 0.5) is 0 Å². The zero-order chi connectivity index (χ0) is 22.8. The van der Waals surface area contributed by atoms with Crippen molar-refractivity contribution < 1.29 is 9.53 Å². The van der Waals surface area contributed by atoms with Gasteiger partial charge in [-0.25, -0.2) is 9.97 Å². The molecule has 1 saturated heterocycles. The van der Waals surface area contributed by atoms with Crippen molar-refractivity contribution in [2.24, 2.45) is 11.1 Å². The predicted molar refractivity (Wildman–Crippen MR) is 128 cm³/mol. The molecule has 3 aromatic rings. The average molecular weight is 443 g/mol. The van der Waals surface area contributed by atoms with Gasteiger partial charge in [0.1, 0.15) is 18.2 Å². The number of nitrogens with zero attached hydrogens (tertiary/aromatic N) is 3. The van der Waals surface area contributed by atoms with Gasteiger partial charge in [-0.05, 0) is 61.1 Å². The summed E-state index contributed by atoms with van der Waals surface area (Å²) in [6.45, 7) is 4.54. The van der Waals surface area contributed by atoms with Crippen LogP contribution in [0.2, 0.25) is 0 Å². The zero-order valence-electron chi connectivity index (χ0n) is 19.0. The molecule has 6 heteroatoms. The van der Waals surface area contributed by atoms with E-state index in [1.807, 2.05) is 24.5 Å². The topological polar surface area (TPSA) is 81.3 Å². The van der Waals surface area contributed by atoms with Crippen LogP contribution in [0.15, 0.2) is 61.2 Å². The van der Waals surface area contributed by atoms with Gasteiger partial charge in [-0.2, -0.15) is 0 Å². The number of benzene rings is 2. The third-order valence-electron chi connectivity index (χ3n) is 6.96. The van der Waals surface area contributed by atoms with Gasteiger partial charge in [0.05, 0.1) is 5.41 Å². The second-order valence-corrected chi connectivity index (χ2v) is 9.49. The van der Waals surface area contributed by atoms with Crippen LogP contribution in [-0.2, 0) is 24.2 Å². The molecule has 1 fully saturated rings. The normalized spacial score (nSPS) is 22.5. The predicted octanol–water partition coefficient (Wildman–Crippen LogP) is 3.78. The molecule has 2 aromatic carbocycles. The van der Waals surface area contributed by atoms with Gasteiger partial charge >= 0.3 is 0 Å². The summed E-state index contributed by atoms with van der Waals surface area (Å²) in [5.74, 6) is 0.778. The van der Waals surface area contributed by atoms with Crippen LogP contribution >= 0.6 is 0 Å². The first-order valence-corrected chi connectivity index (χ1v) is 11.7. The molecule has 5 rings (SSSR count). The Hall–Kier alpha value is -3.25. The smallest absolute Gasteiger partial charge is 0.225 e. The summed E-state index contributed by atoms with van der Waals surface area (Å²) < 4.78 is 5.85. The Morgan fingerprint density at radius 3 is 2.85 bits per heavy atom. The lowest BCUT2D eigenvalue weighted by Crippen LogP contribution is -2.51. The highest BCUT2D eigenvalue weighted by Gasteiger charge is 2.41. The van der Waals surface area contributed by atoms with Crippen LogP contribution in [-0.4, -0.2) is 40.0 Å². The summed E-state index contributed by atoms with van der Waals surface area (Å²) in [7, 11) is 0. The fourth-order valence-electron chi connectivity index (χ4n) is 5.39. The fraction of sp³-hybridized carbons (Fsp3) is 0.370. The molecule has 0 spiro atoms. The van der Waals surface area contributed by atoms with E-state index in [9.17, 15) is 4.79 Å². The van der Waals surface area contributed by atoms with Crippen LogP contribution < -0.4 is 10.5 Å². The number of carbonyl (C=O) groups excluding carboxylic acids is 1. The van der Waals surface area contributed by atoms with E-state index in [0.29, 0.717) is 13.0 Å². The average Bonchev–Trinajstić information content (AvgIpc) is 3.19. The molecule has 33 heavy (non-hydrogen) atoms. The Kier molecular flexibility index (Phi) is 5.85. The Balaban J connectivity index is 1.38. The number of rotatable bonds is 6.